The van der Waals surface area contributed by atoms with Crippen LogP contribution in [-0.2, 0) is 0 Å². The minimum absolute atomic E-state index is 1.13. The van der Waals surface area contributed by atoms with Gasteiger partial charge in [0.05, 0.1) is 0 Å². The highest BCUT2D eigenvalue weighted by Gasteiger charge is 1.80. The van der Waals surface area contributed by atoms with Gasteiger partial charge >= 0.3 is 0 Å². The molecule has 0 saturated heterocycles. The summed E-state index contributed by atoms with van der Waals surface area (Å²) in [5, 5.41) is 3.29. The number of hydrogen-bond donors (Lipinski definition) is 1. The van der Waals surface area contributed by atoms with E-state index in [1.165, 1.54) is 5.75 Å². The topological polar surface area (TPSA) is 12.0 Å². The lowest BCUT2D eigenvalue weighted by atomic mass is 10.7. The van der Waals surface area contributed by atoms with E-state index in [0.29, 0.717) is 0 Å². The molecule has 0 fully saturated rings. The van der Waals surface area contributed by atoms with Gasteiger partial charge in [-0.1, -0.05) is 0 Å². The lowest BCUT2D eigenvalue weighted by molar-refractivity contribution is 0.775. The Morgan fingerprint density at radius 1 is 1.50 bits per heavy atom. The minimum Gasteiger partial charge on any atom is -0.316 e. The first-order valence-corrected chi connectivity index (χ1v) is 5.02. The summed E-state index contributed by atoms with van der Waals surface area (Å²) in [6.45, 7) is 2.28. The second-order valence-corrected chi connectivity index (χ2v) is 3.09. The number of rotatable bonds is 5. The second kappa shape index (κ2) is 7.74. The molecule has 0 amide bonds. The number of thioether (sulfide) groups is 1. The molecule has 0 bridgehead atoms. The maximum absolute atomic E-state index is 3.29. The Balaban J connectivity index is 2.53. The van der Waals surface area contributed by atoms with E-state index in [9.17, 15) is 0 Å². The van der Waals surface area contributed by atoms with Crippen molar-refractivity contribution in [3.05, 3.63) is 0 Å². The van der Waals surface area contributed by atoms with Crippen LogP contribution in [0.1, 0.15) is 0 Å². The molecule has 8 heavy (non-hydrogen) atoms. The fourth-order valence-electron chi connectivity index (χ4n) is 0.401. The van der Waals surface area contributed by atoms with E-state index in [1.54, 1.807) is 0 Å². The van der Waals surface area contributed by atoms with E-state index < -0.39 is 0 Å². The van der Waals surface area contributed by atoms with Crippen molar-refractivity contribution in [2.75, 3.05) is 31.3 Å². The van der Waals surface area contributed by atoms with Crippen LogP contribution in [0.15, 0.2) is 0 Å². The Morgan fingerprint density at radius 3 is 2.75 bits per heavy atom. The highest BCUT2D eigenvalue weighted by atomic mass is 32.2. The summed E-state index contributed by atoms with van der Waals surface area (Å²) in [6, 6.07) is 0. The van der Waals surface area contributed by atoms with Gasteiger partial charge in [-0.05, 0) is 19.0 Å². The highest BCUT2D eigenvalue weighted by molar-refractivity contribution is 7.98. The van der Waals surface area contributed by atoms with Gasteiger partial charge in [-0.3, -0.25) is 0 Å². The molecule has 1 nitrogen and oxygen atoms in total. The molecule has 1 atom stereocenters. The van der Waals surface area contributed by atoms with Crippen LogP contribution >= 0.6 is 21.0 Å². The van der Waals surface area contributed by atoms with Crippen LogP contribution < -0.4 is 5.32 Å². The number of hydrogen-bond acceptors (Lipinski definition) is 2. The molecule has 1 N–H and O–H groups in total. The molecule has 0 aliphatic carbocycles. The van der Waals surface area contributed by atoms with Gasteiger partial charge in [-0.15, -0.1) is 9.24 Å². The van der Waals surface area contributed by atoms with E-state index in [0.717, 1.165) is 19.3 Å². The molecule has 3 heteroatoms. The van der Waals surface area contributed by atoms with Crippen molar-refractivity contribution in [3.8, 4) is 0 Å². The maximum Gasteiger partial charge on any atom is 0.00553 e. The quantitative estimate of drug-likeness (QED) is 0.461. The van der Waals surface area contributed by atoms with Crippen LogP contribution in [0.5, 0.6) is 0 Å². The Kier molecular flexibility index (Phi) is 8.46. The van der Waals surface area contributed by atoms with Crippen molar-refractivity contribution in [3.63, 3.8) is 0 Å². The predicted molar refractivity (Wildman–Crippen MR) is 45.8 cm³/mol. The summed E-state index contributed by atoms with van der Waals surface area (Å²) < 4.78 is 0. The molecular formula is C5H14NPS. The summed E-state index contributed by atoms with van der Waals surface area (Å²) in [4.78, 5) is 0. The van der Waals surface area contributed by atoms with E-state index in [-0.39, 0.29) is 0 Å². The molecule has 0 rings (SSSR count). The molecule has 0 aliphatic rings. The summed E-state index contributed by atoms with van der Waals surface area (Å²) in [5.74, 6) is 1.23. The van der Waals surface area contributed by atoms with Crippen molar-refractivity contribution in [2.24, 2.45) is 0 Å². The van der Waals surface area contributed by atoms with Gasteiger partial charge in [0, 0.05) is 12.3 Å². The molecule has 0 heterocycles. The lowest BCUT2D eigenvalue weighted by Gasteiger charge is -1.97. The van der Waals surface area contributed by atoms with Gasteiger partial charge in [-0.2, -0.15) is 11.8 Å². The molecular weight excluding hydrogens is 137 g/mol. The van der Waals surface area contributed by atoms with E-state index in [1.807, 2.05) is 11.8 Å². The van der Waals surface area contributed by atoms with Crippen LogP contribution in [0.4, 0.5) is 0 Å². The predicted octanol–water partition coefficient (Wildman–Crippen LogP) is 0.814. The molecule has 50 valence electrons. The fraction of sp³-hybridized carbons (Fsp3) is 1.00. The van der Waals surface area contributed by atoms with Crippen LogP contribution in [0.2, 0.25) is 0 Å². The second-order valence-electron chi connectivity index (χ2n) is 1.53. The average Bonchev–Trinajstić information content (AvgIpc) is 1.81. The molecule has 0 radical (unpaired) electrons. The van der Waals surface area contributed by atoms with Crippen molar-refractivity contribution in [2.45, 2.75) is 0 Å². The van der Waals surface area contributed by atoms with Gasteiger partial charge < -0.3 is 5.32 Å². The summed E-state index contributed by atoms with van der Waals surface area (Å²) in [6.07, 6.45) is 3.29. The number of nitrogens with one attached hydrogen (secondary N) is 1. The van der Waals surface area contributed by atoms with Crippen molar-refractivity contribution < 1.29 is 0 Å². The third-order valence-corrected chi connectivity index (χ3v) is 1.71. The highest BCUT2D eigenvalue weighted by Crippen LogP contribution is 1.86. The van der Waals surface area contributed by atoms with Crippen LogP contribution in [-0.4, -0.2) is 31.3 Å². The van der Waals surface area contributed by atoms with Gasteiger partial charge in [0.15, 0.2) is 0 Å². The largest absolute Gasteiger partial charge is 0.316 e. The average molecular weight is 151 g/mol. The van der Waals surface area contributed by atoms with E-state index >= 15 is 0 Å². The van der Waals surface area contributed by atoms with Gasteiger partial charge in [0.25, 0.3) is 0 Å². The Bertz CT molecular complexity index is 37.4. The van der Waals surface area contributed by atoms with Crippen molar-refractivity contribution in [1.29, 1.82) is 0 Å². The molecule has 0 spiro atoms. The molecule has 0 aromatic carbocycles. The zero-order valence-electron chi connectivity index (χ0n) is 5.31. The van der Waals surface area contributed by atoms with Crippen molar-refractivity contribution >= 4 is 21.0 Å². The SMILES string of the molecule is CSCCNCCP. The molecule has 0 saturated carbocycles. The van der Waals surface area contributed by atoms with Gasteiger partial charge in [0.1, 0.15) is 0 Å². The zero-order valence-corrected chi connectivity index (χ0v) is 7.29. The Labute approximate surface area is 58.2 Å². The summed E-state index contributed by atoms with van der Waals surface area (Å²) in [7, 11) is 2.70. The van der Waals surface area contributed by atoms with Crippen LogP contribution in [0.3, 0.4) is 0 Å². The Morgan fingerprint density at radius 2 is 2.25 bits per heavy atom. The maximum atomic E-state index is 3.29. The van der Waals surface area contributed by atoms with Crippen LogP contribution in [0, 0.1) is 0 Å². The lowest BCUT2D eigenvalue weighted by Crippen LogP contribution is -2.18. The third kappa shape index (κ3) is 6.74. The first kappa shape index (κ1) is 8.74. The van der Waals surface area contributed by atoms with Crippen molar-refractivity contribution in [1.82, 2.24) is 5.32 Å². The summed E-state index contributed by atoms with van der Waals surface area (Å²) >= 11 is 1.88. The molecule has 1 unspecified atom stereocenters. The molecule has 0 aliphatic heterocycles. The van der Waals surface area contributed by atoms with E-state index in [4.69, 9.17) is 0 Å². The normalized spacial score (nSPS) is 9.75. The standard InChI is InChI=1S/C5H14NPS/c1-8-5-3-6-2-4-7/h6H,2-5,7H2,1H3. The first-order valence-electron chi connectivity index (χ1n) is 2.81. The van der Waals surface area contributed by atoms with Crippen LogP contribution in [0.25, 0.3) is 0 Å². The third-order valence-electron chi connectivity index (χ3n) is 0.804. The smallest absolute Gasteiger partial charge is 0.00553 e. The molecule has 0 aromatic rings. The molecule has 0 aromatic heterocycles. The monoisotopic (exact) mass is 151 g/mol. The first-order chi connectivity index (χ1) is 3.91. The van der Waals surface area contributed by atoms with Gasteiger partial charge in [0.2, 0.25) is 0 Å². The van der Waals surface area contributed by atoms with Gasteiger partial charge in [-0.25, -0.2) is 0 Å². The fourth-order valence-corrected chi connectivity index (χ4v) is 0.954. The zero-order chi connectivity index (χ0) is 6.24. The minimum atomic E-state index is 1.13. The van der Waals surface area contributed by atoms with E-state index in [2.05, 4.69) is 20.8 Å². The Hall–Kier alpha value is 0.740. The summed E-state index contributed by atoms with van der Waals surface area (Å²) in [5.41, 5.74) is 0.